The highest BCUT2D eigenvalue weighted by molar-refractivity contribution is 7.48. The lowest BCUT2D eigenvalue weighted by Gasteiger charge is -2.23. The summed E-state index contributed by atoms with van der Waals surface area (Å²) >= 11 is 0. The largest absolute Gasteiger partial charge is 0.475 e. The number of phosphoric ester groups is 1. The molecule has 0 aliphatic rings. The molecule has 0 heterocycles. The molecule has 0 fully saturated rings. The van der Waals surface area contributed by atoms with E-state index in [1.165, 1.54) is 0 Å². The monoisotopic (exact) mass is 224 g/mol. The van der Waals surface area contributed by atoms with E-state index in [4.69, 9.17) is 13.6 Å². The topological polar surface area (TPSA) is 44.8 Å². The van der Waals surface area contributed by atoms with Crippen LogP contribution >= 0.6 is 7.82 Å². The van der Waals surface area contributed by atoms with Crippen molar-refractivity contribution < 1.29 is 18.1 Å². The standard InChI is InChI=1S/C9H21O4P/c1-7(2)11-14(10,12-8(3)4)13-9(5)6/h7-9H,1-6H3. The van der Waals surface area contributed by atoms with Gasteiger partial charge in [0, 0.05) is 0 Å². The molecule has 0 unspecified atom stereocenters. The van der Waals surface area contributed by atoms with Crippen LogP contribution in [0.15, 0.2) is 0 Å². The SMILES string of the molecule is CC(C)OP(=O)(OC(C)C)OC(C)C. The van der Waals surface area contributed by atoms with Gasteiger partial charge in [-0.05, 0) is 41.5 Å². The minimum Gasteiger partial charge on any atom is -0.284 e. The zero-order valence-electron chi connectivity index (χ0n) is 9.81. The average molecular weight is 224 g/mol. The lowest BCUT2D eigenvalue weighted by atomic mass is 10.5. The summed E-state index contributed by atoms with van der Waals surface area (Å²) in [6.45, 7) is 10.8. The minimum atomic E-state index is -3.39. The fourth-order valence-corrected chi connectivity index (χ4v) is 2.55. The summed E-state index contributed by atoms with van der Waals surface area (Å²) in [5.41, 5.74) is 0. The molecule has 0 aromatic heterocycles. The highest BCUT2D eigenvalue weighted by Crippen LogP contribution is 2.52. The van der Waals surface area contributed by atoms with E-state index >= 15 is 0 Å². The van der Waals surface area contributed by atoms with Crippen molar-refractivity contribution in [2.75, 3.05) is 0 Å². The normalized spacial score (nSPS) is 13.2. The molecular formula is C9H21O4P. The van der Waals surface area contributed by atoms with Crippen LogP contribution in [0.5, 0.6) is 0 Å². The molecule has 0 aromatic carbocycles. The van der Waals surface area contributed by atoms with Crippen LogP contribution in [0.2, 0.25) is 0 Å². The van der Waals surface area contributed by atoms with E-state index in [2.05, 4.69) is 0 Å². The first-order chi connectivity index (χ1) is 6.25. The van der Waals surface area contributed by atoms with Crippen LogP contribution < -0.4 is 0 Å². The van der Waals surface area contributed by atoms with Gasteiger partial charge in [-0.3, -0.25) is 13.6 Å². The molecule has 0 atom stereocenters. The number of hydrogen-bond donors (Lipinski definition) is 0. The Morgan fingerprint density at radius 3 is 1.07 bits per heavy atom. The van der Waals surface area contributed by atoms with Crippen LogP contribution in [0.3, 0.4) is 0 Å². The fourth-order valence-electron chi connectivity index (χ4n) is 0.849. The maximum atomic E-state index is 12.0. The molecule has 0 amide bonds. The summed E-state index contributed by atoms with van der Waals surface area (Å²) in [5.74, 6) is 0. The average Bonchev–Trinajstić information content (AvgIpc) is 1.76. The van der Waals surface area contributed by atoms with Gasteiger partial charge in [0.05, 0.1) is 18.3 Å². The van der Waals surface area contributed by atoms with Crippen molar-refractivity contribution in [3.05, 3.63) is 0 Å². The molecule has 0 aliphatic carbocycles. The number of phosphoric acid groups is 1. The van der Waals surface area contributed by atoms with E-state index in [1.54, 1.807) is 41.5 Å². The van der Waals surface area contributed by atoms with Gasteiger partial charge in [0.15, 0.2) is 0 Å². The summed E-state index contributed by atoms with van der Waals surface area (Å²) in [6, 6.07) is 0. The molecule has 0 aromatic rings. The van der Waals surface area contributed by atoms with Gasteiger partial charge in [-0.25, -0.2) is 4.57 Å². The van der Waals surface area contributed by atoms with Gasteiger partial charge in [-0.15, -0.1) is 0 Å². The van der Waals surface area contributed by atoms with Gasteiger partial charge in [-0.1, -0.05) is 0 Å². The second-order valence-corrected chi connectivity index (χ2v) is 5.44. The smallest absolute Gasteiger partial charge is 0.284 e. The summed E-state index contributed by atoms with van der Waals surface area (Å²) in [7, 11) is -3.39. The van der Waals surface area contributed by atoms with Gasteiger partial charge < -0.3 is 0 Å². The van der Waals surface area contributed by atoms with Crippen LogP contribution in [0.25, 0.3) is 0 Å². The molecule has 4 nitrogen and oxygen atoms in total. The molecule has 0 bridgehead atoms. The Labute approximate surface area is 86.5 Å². The van der Waals surface area contributed by atoms with Crippen molar-refractivity contribution in [3.8, 4) is 0 Å². The maximum absolute atomic E-state index is 12.0. The third kappa shape index (κ3) is 6.55. The zero-order chi connectivity index (χ0) is 11.4. The summed E-state index contributed by atoms with van der Waals surface area (Å²) in [4.78, 5) is 0. The van der Waals surface area contributed by atoms with Crippen LogP contribution in [0.4, 0.5) is 0 Å². The predicted octanol–water partition coefficient (Wildman–Crippen LogP) is 3.37. The van der Waals surface area contributed by atoms with E-state index in [-0.39, 0.29) is 18.3 Å². The Kier molecular flexibility index (Phi) is 5.91. The van der Waals surface area contributed by atoms with Crippen LogP contribution in [-0.2, 0) is 18.1 Å². The first-order valence-electron chi connectivity index (χ1n) is 4.90. The zero-order valence-corrected chi connectivity index (χ0v) is 10.7. The van der Waals surface area contributed by atoms with Crippen LogP contribution in [0, 0.1) is 0 Å². The molecule has 5 heteroatoms. The second kappa shape index (κ2) is 5.86. The second-order valence-electron chi connectivity index (χ2n) is 3.91. The molecular weight excluding hydrogens is 203 g/mol. The van der Waals surface area contributed by atoms with Crippen molar-refractivity contribution in [2.45, 2.75) is 59.9 Å². The van der Waals surface area contributed by atoms with Gasteiger partial charge >= 0.3 is 7.82 Å². The molecule has 0 saturated heterocycles. The van der Waals surface area contributed by atoms with E-state index in [0.717, 1.165) is 0 Å². The summed E-state index contributed by atoms with van der Waals surface area (Å²) < 4.78 is 27.5. The van der Waals surface area contributed by atoms with Crippen molar-refractivity contribution >= 4 is 7.82 Å². The molecule has 86 valence electrons. The molecule has 0 aliphatic heterocycles. The minimum absolute atomic E-state index is 0.182. The number of hydrogen-bond acceptors (Lipinski definition) is 4. The van der Waals surface area contributed by atoms with Gasteiger partial charge in [0.1, 0.15) is 0 Å². The van der Waals surface area contributed by atoms with Crippen LogP contribution in [-0.4, -0.2) is 18.3 Å². The van der Waals surface area contributed by atoms with Gasteiger partial charge in [0.25, 0.3) is 0 Å². The number of rotatable bonds is 6. The quantitative estimate of drug-likeness (QED) is 0.649. The van der Waals surface area contributed by atoms with Crippen molar-refractivity contribution in [3.63, 3.8) is 0 Å². The first-order valence-corrected chi connectivity index (χ1v) is 6.36. The van der Waals surface area contributed by atoms with E-state index in [0.29, 0.717) is 0 Å². The maximum Gasteiger partial charge on any atom is 0.475 e. The lowest BCUT2D eigenvalue weighted by Crippen LogP contribution is -2.12. The van der Waals surface area contributed by atoms with Crippen molar-refractivity contribution in [1.29, 1.82) is 0 Å². The lowest BCUT2D eigenvalue weighted by molar-refractivity contribution is 0.0561. The van der Waals surface area contributed by atoms with Crippen molar-refractivity contribution in [2.24, 2.45) is 0 Å². The van der Waals surface area contributed by atoms with E-state index < -0.39 is 7.82 Å². The Bertz CT molecular complexity index is 168. The third-order valence-electron chi connectivity index (χ3n) is 1.02. The van der Waals surface area contributed by atoms with E-state index in [9.17, 15) is 4.57 Å². The predicted molar refractivity (Wildman–Crippen MR) is 56.3 cm³/mol. The van der Waals surface area contributed by atoms with Crippen LogP contribution in [0.1, 0.15) is 41.5 Å². The van der Waals surface area contributed by atoms with Gasteiger partial charge in [0.2, 0.25) is 0 Å². The van der Waals surface area contributed by atoms with Gasteiger partial charge in [-0.2, -0.15) is 0 Å². The highest BCUT2D eigenvalue weighted by Gasteiger charge is 2.30. The molecule has 14 heavy (non-hydrogen) atoms. The van der Waals surface area contributed by atoms with Crippen molar-refractivity contribution in [1.82, 2.24) is 0 Å². The molecule has 0 N–H and O–H groups in total. The molecule has 0 radical (unpaired) electrons. The molecule has 0 rings (SSSR count). The Balaban J connectivity index is 4.41. The third-order valence-corrected chi connectivity index (χ3v) is 3.06. The Morgan fingerprint density at radius 1 is 0.714 bits per heavy atom. The first kappa shape index (κ1) is 14.1. The molecule has 0 saturated carbocycles. The Hall–Kier alpha value is 0.110. The summed E-state index contributed by atoms with van der Waals surface area (Å²) in [6.07, 6.45) is -0.546. The highest BCUT2D eigenvalue weighted by atomic mass is 31.2. The molecule has 0 spiro atoms. The fraction of sp³-hybridized carbons (Fsp3) is 1.00. The summed E-state index contributed by atoms with van der Waals surface area (Å²) in [5, 5.41) is 0. The Morgan fingerprint density at radius 2 is 0.929 bits per heavy atom. The van der Waals surface area contributed by atoms with E-state index in [1.807, 2.05) is 0 Å².